The molecule has 1 fully saturated rings. The van der Waals surface area contributed by atoms with Crippen LogP contribution < -0.4 is 10.1 Å². The Morgan fingerprint density at radius 3 is 2.65 bits per heavy atom. The Bertz CT molecular complexity index is 444. The molecule has 110 valence electrons. The molecular weight excluding hydrogens is 252 g/mol. The van der Waals surface area contributed by atoms with E-state index in [2.05, 4.69) is 19.2 Å². The predicted octanol–water partition coefficient (Wildman–Crippen LogP) is 2.56. The van der Waals surface area contributed by atoms with Gasteiger partial charge in [-0.05, 0) is 30.5 Å². The zero-order chi connectivity index (χ0) is 14.5. The standard InChI is InChI=1S/C16H24N2O2/c1-4-12(3)11-18-15(19)10-17-16(18)13-6-8-14(9-7-13)20-5-2/h6-9,12,16-17H,4-5,10-11H2,1-3H3. The number of carbonyl (C=O) groups is 1. The third-order valence-electron chi connectivity index (χ3n) is 3.79. The molecule has 1 aromatic carbocycles. The molecular formula is C16H24N2O2. The van der Waals surface area contributed by atoms with Crippen molar-refractivity contribution in [3.63, 3.8) is 0 Å². The van der Waals surface area contributed by atoms with Gasteiger partial charge in [0.1, 0.15) is 11.9 Å². The number of rotatable bonds is 6. The molecule has 0 bridgehead atoms. The summed E-state index contributed by atoms with van der Waals surface area (Å²) in [6.07, 6.45) is 1.08. The average Bonchev–Trinajstić information content (AvgIpc) is 2.81. The van der Waals surface area contributed by atoms with E-state index in [-0.39, 0.29) is 12.1 Å². The number of ether oxygens (including phenoxy) is 1. The van der Waals surface area contributed by atoms with Gasteiger partial charge in [0.2, 0.25) is 5.91 Å². The van der Waals surface area contributed by atoms with E-state index >= 15 is 0 Å². The van der Waals surface area contributed by atoms with Crippen molar-refractivity contribution < 1.29 is 9.53 Å². The maximum Gasteiger partial charge on any atom is 0.238 e. The topological polar surface area (TPSA) is 41.6 Å². The predicted molar refractivity (Wildman–Crippen MR) is 79.5 cm³/mol. The van der Waals surface area contributed by atoms with Crippen molar-refractivity contribution in [2.75, 3.05) is 19.7 Å². The molecule has 1 aliphatic rings. The lowest BCUT2D eigenvalue weighted by molar-refractivity contribution is -0.128. The second-order valence-electron chi connectivity index (χ2n) is 5.35. The Kier molecular flexibility index (Phi) is 5.01. The highest BCUT2D eigenvalue weighted by atomic mass is 16.5. The van der Waals surface area contributed by atoms with Crippen LogP contribution in [0.15, 0.2) is 24.3 Å². The highest BCUT2D eigenvalue weighted by molar-refractivity contribution is 5.81. The molecule has 0 aromatic heterocycles. The number of carbonyl (C=O) groups excluding carboxylic acids is 1. The molecule has 0 saturated carbocycles. The van der Waals surface area contributed by atoms with E-state index in [4.69, 9.17) is 4.74 Å². The Hall–Kier alpha value is -1.55. The summed E-state index contributed by atoms with van der Waals surface area (Å²) in [5.74, 6) is 1.57. The molecule has 4 nitrogen and oxygen atoms in total. The van der Waals surface area contributed by atoms with Gasteiger partial charge in [0.05, 0.1) is 13.2 Å². The summed E-state index contributed by atoms with van der Waals surface area (Å²) in [5.41, 5.74) is 1.11. The van der Waals surface area contributed by atoms with Crippen LogP contribution in [0, 0.1) is 5.92 Å². The van der Waals surface area contributed by atoms with Crippen molar-refractivity contribution in [1.29, 1.82) is 0 Å². The summed E-state index contributed by atoms with van der Waals surface area (Å²) in [6, 6.07) is 7.99. The van der Waals surface area contributed by atoms with Crippen molar-refractivity contribution in [2.24, 2.45) is 5.92 Å². The second-order valence-corrected chi connectivity index (χ2v) is 5.35. The minimum atomic E-state index is -0.00724. The van der Waals surface area contributed by atoms with Gasteiger partial charge < -0.3 is 9.64 Å². The van der Waals surface area contributed by atoms with Crippen LogP contribution in [0.2, 0.25) is 0 Å². The van der Waals surface area contributed by atoms with Gasteiger partial charge in [0.25, 0.3) is 0 Å². The van der Waals surface area contributed by atoms with Crippen LogP contribution in [0.25, 0.3) is 0 Å². The summed E-state index contributed by atoms with van der Waals surface area (Å²) in [5, 5.41) is 3.29. The van der Waals surface area contributed by atoms with E-state index in [1.165, 1.54) is 0 Å². The largest absolute Gasteiger partial charge is 0.494 e. The number of amides is 1. The molecule has 2 atom stereocenters. The number of nitrogens with zero attached hydrogens (tertiary/aromatic N) is 1. The minimum Gasteiger partial charge on any atom is -0.494 e. The normalized spacial score (nSPS) is 20.2. The summed E-state index contributed by atoms with van der Waals surface area (Å²) in [7, 11) is 0. The maximum absolute atomic E-state index is 12.0. The lowest BCUT2D eigenvalue weighted by atomic mass is 10.1. The third-order valence-corrected chi connectivity index (χ3v) is 3.79. The van der Waals surface area contributed by atoms with Gasteiger partial charge in [0, 0.05) is 6.54 Å². The lowest BCUT2D eigenvalue weighted by Crippen LogP contribution is -2.33. The van der Waals surface area contributed by atoms with Crippen molar-refractivity contribution in [3.05, 3.63) is 29.8 Å². The molecule has 1 aliphatic heterocycles. The highest BCUT2D eigenvalue weighted by Crippen LogP contribution is 2.25. The molecule has 1 aromatic rings. The van der Waals surface area contributed by atoms with E-state index in [0.29, 0.717) is 19.1 Å². The monoisotopic (exact) mass is 276 g/mol. The molecule has 1 amide bonds. The summed E-state index contributed by atoms with van der Waals surface area (Å²) in [4.78, 5) is 14.0. The quantitative estimate of drug-likeness (QED) is 0.868. The Morgan fingerprint density at radius 2 is 2.05 bits per heavy atom. The van der Waals surface area contributed by atoms with E-state index < -0.39 is 0 Å². The van der Waals surface area contributed by atoms with Crippen molar-refractivity contribution in [2.45, 2.75) is 33.4 Å². The summed E-state index contributed by atoms with van der Waals surface area (Å²) >= 11 is 0. The van der Waals surface area contributed by atoms with Gasteiger partial charge in [-0.1, -0.05) is 32.4 Å². The molecule has 1 heterocycles. The number of benzene rings is 1. The SMILES string of the molecule is CCOc1ccc(C2NCC(=O)N2CC(C)CC)cc1. The minimum absolute atomic E-state index is 0.00724. The lowest BCUT2D eigenvalue weighted by Gasteiger charge is -2.27. The number of nitrogens with one attached hydrogen (secondary N) is 1. The molecule has 4 heteroatoms. The summed E-state index contributed by atoms with van der Waals surface area (Å²) < 4.78 is 5.45. The van der Waals surface area contributed by atoms with E-state index in [9.17, 15) is 4.79 Å². The van der Waals surface area contributed by atoms with Crippen molar-refractivity contribution >= 4 is 5.91 Å². The van der Waals surface area contributed by atoms with Crippen molar-refractivity contribution in [1.82, 2.24) is 10.2 Å². The van der Waals surface area contributed by atoms with Gasteiger partial charge in [-0.25, -0.2) is 0 Å². The fourth-order valence-electron chi connectivity index (χ4n) is 2.42. The van der Waals surface area contributed by atoms with Gasteiger partial charge >= 0.3 is 0 Å². The summed E-state index contributed by atoms with van der Waals surface area (Å²) in [6.45, 7) is 8.21. The third kappa shape index (κ3) is 3.31. The smallest absolute Gasteiger partial charge is 0.238 e. The zero-order valence-electron chi connectivity index (χ0n) is 12.6. The molecule has 2 rings (SSSR count). The van der Waals surface area contributed by atoms with Gasteiger partial charge in [0.15, 0.2) is 0 Å². The molecule has 1 N–H and O–H groups in total. The first-order valence-electron chi connectivity index (χ1n) is 7.41. The molecule has 2 unspecified atom stereocenters. The van der Waals surface area contributed by atoms with E-state index in [1.807, 2.05) is 36.1 Å². The van der Waals surface area contributed by atoms with Crippen LogP contribution in [0.3, 0.4) is 0 Å². The fraction of sp³-hybridized carbons (Fsp3) is 0.562. The first-order valence-corrected chi connectivity index (χ1v) is 7.41. The van der Waals surface area contributed by atoms with Gasteiger partial charge in [-0.15, -0.1) is 0 Å². The molecule has 0 radical (unpaired) electrons. The highest BCUT2D eigenvalue weighted by Gasteiger charge is 2.31. The van der Waals surface area contributed by atoms with Gasteiger partial charge in [-0.3, -0.25) is 10.1 Å². The first-order chi connectivity index (χ1) is 9.65. The fourth-order valence-corrected chi connectivity index (χ4v) is 2.42. The van der Waals surface area contributed by atoms with E-state index in [0.717, 1.165) is 24.3 Å². The molecule has 20 heavy (non-hydrogen) atoms. The van der Waals surface area contributed by atoms with Crippen LogP contribution >= 0.6 is 0 Å². The van der Waals surface area contributed by atoms with E-state index in [1.54, 1.807) is 0 Å². The molecule has 0 aliphatic carbocycles. The van der Waals surface area contributed by atoms with Crippen molar-refractivity contribution in [3.8, 4) is 5.75 Å². The maximum atomic E-state index is 12.0. The van der Waals surface area contributed by atoms with Crippen LogP contribution in [-0.4, -0.2) is 30.5 Å². The Morgan fingerprint density at radius 1 is 1.35 bits per heavy atom. The number of hydrogen-bond donors (Lipinski definition) is 1. The van der Waals surface area contributed by atoms with Crippen LogP contribution in [-0.2, 0) is 4.79 Å². The van der Waals surface area contributed by atoms with Crippen LogP contribution in [0.1, 0.15) is 38.9 Å². The first kappa shape index (κ1) is 14.9. The Labute approximate surface area is 121 Å². The van der Waals surface area contributed by atoms with Crippen LogP contribution in [0.4, 0.5) is 0 Å². The molecule has 1 saturated heterocycles. The van der Waals surface area contributed by atoms with Gasteiger partial charge in [-0.2, -0.15) is 0 Å². The average molecular weight is 276 g/mol. The van der Waals surface area contributed by atoms with Crippen LogP contribution in [0.5, 0.6) is 5.75 Å². The Balaban J connectivity index is 2.11. The second kappa shape index (κ2) is 6.75. The number of hydrogen-bond acceptors (Lipinski definition) is 3. The molecule has 0 spiro atoms. The zero-order valence-corrected chi connectivity index (χ0v) is 12.6.